The summed E-state index contributed by atoms with van der Waals surface area (Å²) in [5.74, 6) is 0.00741. The van der Waals surface area contributed by atoms with Gasteiger partial charge in [-0.3, -0.25) is 4.79 Å². The largest absolute Gasteiger partial charge is 0.493 e. The van der Waals surface area contributed by atoms with Crippen LogP contribution in [0.4, 0.5) is 0 Å². The van der Waals surface area contributed by atoms with E-state index in [2.05, 4.69) is 10.5 Å². The Balaban J connectivity index is 1.59. The van der Waals surface area contributed by atoms with E-state index in [1.807, 2.05) is 18.2 Å². The third-order valence-electron chi connectivity index (χ3n) is 4.06. The minimum absolute atomic E-state index is 0.171. The Morgan fingerprint density at radius 1 is 1.00 bits per heavy atom. The number of para-hydroxylation sites is 1. The first-order valence-electron chi connectivity index (χ1n) is 9.31. The first-order chi connectivity index (χ1) is 15.5. The van der Waals surface area contributed by atoms with Gasteiger partial charge >= 0.3 is 5.97 Å². The Bertz CT molecular complexity index is 1140. The Morgan fingerprint density at radius 2 is 1.78 bits per heavy atom. The third kappa shape index (κ3) is 6.47. The molecule has 3 aromatic carbocycles. The summed E-state index contributed by atoms with van der Waals surface area (Å²) in [6.07, 6.45) is 1.42. The molecule has 0 saturated carbocycles. The summed E-state index contributed by atoms with van der Waals surface area (Å²) in [5.41, 5.74) is 3.15. The molecule has 9 heteroatoms. The van der Waals surface area contributed by atoms with Crippen molar-refractivity contribution in [3.63, 3.8) is 0 Å². The second-order valence-corrected chi connectivity index (χ2v) is 7.16. The van der Waals surface area contributed by atoms with Gasteiger partial charge in [0.05, 0.1) is 23.9 Å². The zero-order chi connectivity index (χ0) is 22.9. The summed E-state index contributed by atoms with van der Waals surface area (Å²) in [7, 11) is 1.44. The van der Waals surface area contributed by atoms with Crippen molar-refractivity contribution in [1.82, 2.24) is 5.43 Å². The lowest BCUT2D eigenvalue weighted by Crippen LogP contribution is -2.24. The molecular formula is C23H18Cl2N2O5. The van der Waals surface area contributed by atoms with E-state index in [1.165, 1.54) is 25.5 Å². The summed E-state index contributed by atoms with van der Waals surface area (Å²) in [4.78, 5) is 24.3. The van der Waals surface area contributed by atoms with Gasteiger partial charge in [-0.15, -0.1) is 0 Å². The lowest BCUT2D eigenvalue weighted by atomic mass is 10.2. The minimum Gasteiger partial charge on any atom is -0.493 e. The highest BCUT2D eigenvalue weighted by Crippen LogP contribution is 2.29. The number of hydrogen-bond acceptors (Lipinski definition) is 6. The predicted octanol–water partition coefficient (Wildman–Crippen LogP) is 4.75. The molecule has 7 nitrogen and oxygen atoms in total. The minimum atomic E-state index is -0.655. The summed E-state index contributed by atoms with van der Waals surface area (Å²) in [6, 6.07) is 18.2. The molecule has 0 aliphatic rings. The van der Waals surface area contributed by atoms with E-state index < -0.39 is 11.9 Å². The molecule has 0 aliphatic carbocycles. The molecular weight excluding hydrogens is 455 g/mol. The molecule has 3 aromatic rings. The van der Waals surface area contributed by atoms with E-state index in [-0.39, 0.29) is 22.9 Å². The zero-order valence-electron chi connectivity index (χ0n) is 16.9. The van der Waals surface area contributed by atoms with Crippen LogP contribution in [0.1, 0.15) is 15.9 Å². The number of hydrogen-bond donors (Lipinski definition) is 1. The monoisotopic (exact) mass is 472 g/mol. The van der Waals surface area contributed by atoms with Gasteiger partial charge in [0.25, 0.3) is 5.91 Å². The van der Waals surface area contributed by atoms with Crippen LogP contribution in [0, 0.1) is 0 Å². The van der Waals surface area contributed by atoms with Crippen LogP contribution in [0.15, 0.2) is 71.8 Å². The van der Waals surface area contributed by atoms with Crippen molar-refractivity contribution in [3.05, 3.63) is 87.9 Å². The quantitative estimate of drug-likeness (QED) is 0.221. The number of carbonyl (C=O) groups excluding carboxylic acids is 2. The Labute approximate surface area is 194 Å². The number of hydrazone groups is 1. The number of rotatable bonds is 8. The number of nitrogens with one attached hydrogen (secondary N) is 1. The van der Waals surface area contributed by atoms with Gasteiger partial charge in [-0.2, -0.15) is 5.10 Å². The van der Waals surface area contributed by atoms with Gasteiger partial charge in [-0.25, -0.2) is 10.2 Å². The second-order valence-electron chi connectivity index (χ2n) is 6.32. The molecule has 0 fully saturated rings. The van der Waals surface area contributed by atoms with E-state index in [1.54, 1.807) is 36.4 Å². The van der Waals surface area contributed by atoms with Crippen LogP contribution >= 0.6 is 23.2 Å². The van der Waals surface area contributed by atoms with Crippen molar-refractivity contribution >= 4 is 41.3 Å². The molecule has 0 unspecified atom stereocenters. The zero-order valence-corrected chi connectivity index (χ0v) is 18.4. The molecule has 0 saturated heterocycles. The average molecular weight is 473 g/mol. The van der Waals surface area contributed by atoms with Crippen molar-refractivity contribution in [3.8, 4) is 17.2 Å². The maximum atomic E-state index is 12.4. The molecule has 164 valence electrons. The number of esters is 1. The summed E-state index contributed by atoms with van der Waals surface area (Å²) >= 11 is 11.9. The number of nitrogens with zero attached hydrogens (tertiary/aromatic N) is 1. The molecule has 0 aliphatic heterocycles. The Morgan fingerprint density at radius 3 is 2.50 bits per heavy atom. The third-order valence-corrected chi connectivity index (χ3v) is 4.61. The van der Waals surface area contributed by atoms with Gasteiger partial charge in [-0.05, 0) is 54.1 Å². The summed E-state index contributed by atoms with van der Waals surface area (Å²) in [6.45, 7) is -0.174. The van der Waals surface area contributed by atoms with E-state index in [9.17, 15) is 9.59 Å². The fourth-order valence-electron chi connectivity index (χ4n) is 2.54. The van der Waals surface area contributed by atoms with Crippen molar-refractivity contribution in [2.45, 2.75) is 0 Å². The van der Waals surface area contributed by atoms with E-state index in [4.69, 9.17) is 37.4 Å². The SMILES string of the molecule is COc1cc(/C=N/NC(=O)COc2ccccc2)ccc1OC(=O)c1ccc(Cl)cc1Cl. The van der Waals surface area contributed by atoms with Crippen LogP contribution in [0.3, 0.4) is 0 Å². The molecule has 0 atom stereocenters. The second kappa shape index (κ2) is 11.2. The summed E-state index contributed by atoms with van der Waals surface area (Å²) < 4.78 is 16.0. The van der Waals surface area contributed by atoms with E-state index in [0.717, 1.165) is 0 Å². The van der Waals surface area contributed by atoms with Crippen LogP contribution in [-0.4, -0.2) is 31.8 Å². The van der Waals surface area contributed by atoms with Crippen LogP contribution in [0.5, 0.6) is 17.2 Å². The van der Waals surface area contributed by atoms with Crippen molar-refractivity contribution < 1.29 is 23.8 Å². The van der Waals surface area contributed by atoms with E-state index >= 15 is 0 Å². The Hall–Kier alpha value is -3.55. The Kier molecular flexibility index (Phi) is 8.08. The maximum Gasteiger partial charge on any atom is 0.345 e. The maximum absolute atomic E-state index is 12.4. The molecule has 0 aromatic heterocycles. The smallest absolute Gasteiger partial charge is 0.345 e. The van der Waals surface area contributed by atoms with Gasteiger partial charge in [0.2, 0.25) is 0 Å². The fourth-order valence-corrected chi connectivity index (χ4v) is 3.02. The van der Waals surface area contributed by atoms with Gasteiger partial charge in [0.1, 0.15) is 5.75 Å². The molecule has 0 bridgehead atoms. The number of benzene rings is 3. The number of amides is 1. The van der Waals surface area contributed by atoms with Crippen molar-refractivity contribution in [2.24, 2.45) is 5.10 Å². The van der Waals surface area contributed by atoms with Crippen molar-refractivity contribution in [1.29, 1.82) is 0 Å². The van der Waals surface area contributed by atoms with Gasteiger partial charge in [-0.1, -0.05) is 41.4 Å². The number of ether oxygens (including phenoxy) is 3. The summed E-state index contributed by atoms with van der Waals surface area (Å²) in [5, 5.41) is 4.48. The molecule has 0 radical (unpaired) electrons. The number of carbonyl (C=O) groups is 2. The number of halogens is 2. The molecule has 32 heavy (non-hydrogen) atoms. The predicted molar refractivity (Wildman–Crippen MR) is 122 cm³/mol. The lowest BCUT2D eigenvalue weighted by molar-refractivity contribution is -0.123. The normalized spacial score (nSPS) is 10.6. The van der Waals surface area contributed by atoms with Gasteiger partial charge < -0.3 is 14.2 Å². The molecule has 3 rings (SSSR count). The first kappa shape index (κ1) is 23.1. The highest BCUT2D eigenvalue weighted by Gasteiger charge is 2.16. The lowest BCUT2D eigenvalue weighted by Gasteiger charge is -2.10. The van der Waals surface area contributed by atoms with Crippen LogP contribution in [-0.2, 0) is 4.79 Å². The topological polar surface area (TPSA) is 86.2 Å². The van der Waals surface area contributed by atoms with Crippen LogP contribution in [0.25, 0.3) is 0 Å². The van der Waals surface area contributed by atoms with Gasteiger partial charge in [0.15, 0.2) is 18.1 Å². The van der Waals surface area contributed by atoms with Crippen molar-refractivity contribution in [2.75, 3.05) is 13.7 Å². The van der Waals surface area contributed by atoms with Crippen LogP contribution in [0.2, 0.25) is 10.0 Å². The fraction of sp³-hybridized carbons (Fsp3) is 0.0870. The molecule has 1 N–H and O–H groups in total. The molecule has 1 amide bonds. The first-order valence-corrected chi connectivity index (χ1v) is 10.1. The molecule has 0 spiro atoms. The van der Waals surface area contributed by atoms with E-state index in [0.29, 0.717) is 22.1 Å². The highest BCUT2D eigenvalue weighted by atomic mass is 35.5. The highest BCUT2D eigenvalue weighted by molar-refractivity contribution is 6.36. The molecule has 0 heterocycles. The average Bonchev–Trinajstić information content (AvgIpc) is 2.79. The van der Waals surface area contributed by atoms with Crippen LogP contribution < -0.4 is 19.6 Å². The standard InChI is InChI=1S/C23H18Cl2N2O5/c1-30-21-11-15(13-26-27-22(28)14-31-17-5-3-2-4-6-17)7-10-20(21)32-23(29)18-9-8-16(24)12-19(18)25/h2-13H,14H2,1H3,(H,27,28)/b26-13+. The number of methoxy groups -OCH3 is 1. The van der Waals surface area contributed by atoms with Gasteiger partial charge in [0, 0.05) is 5.02 Å².